The normalized spacial score (nSPS) is 13.3. The molecule has 0 saturated heterocycles. The van der Waals surface area contributed by atoms with E-state index >= 15 is 0 Å². The number of benzene rings is 1. The van der Waals surface area contributed by atoms with Gasteiger partial charge in [0, 0.05) is 11.9 Å². The van der Waals surface area contributed by atoms with Crippen LogP contribution in [0, 0.1) is 18.2 Å². The van der Waals surface area contributed by atoms with Crippen LogP contribution in [-0.4, -0.2) is 26.2 Å². The highest BCUT2D eigenvalue weighted by Crippen LogP contribution is 2.27. The summed E-state index contributed by atoms with van der Waals surface area (Å²) in [5.74, 6) is 0.105. The molecule has 0 fully saturated rings. The molecular weight excluding hydrogens is 313 g/mol. The van der Waals surface area contributed by atoms with Crippen LogP contribution in [0.3, 0.4) is 0 Å². The molecule has 0 atom stereocenters. The lowest BCUT2D eigenvalue weighted by molar-refractivity contribution is -0.139. The van der Waals surface area contributed by atoms with E-state index in [9.17, 15) is 14.0 Å². The Balaban J connectivity index is 2.65. The van der Waals surface area contributed by atoms with E-state index in [-0.39, 0.29) is 16.8 Å². The van der Waals surface area contributed by atoms with E-state index in [4.69, 9.17) is 15.9 Å². The molecule has 1 aliphatic rings. The monoisotopic (exact) mass is 327 g/mol. The van der Waals surface area contributed by atoms with Crippen LogP contribution in [0.4, 0.5) is 10.1 Å². The zero-order chi connectivity index (χ0) is 17.7. The minimum absolute atomic E-state index is 0.0178. The predicted octanol–water partition coefficient (Wildman–Crippen LogP) is 2.30. The molecule has 2 rings (SSSR count). The molecule has 0 saturated carbocycles. The Kier molecular flexibility index (Phi) is 5.17. The van der Waals surface area contributed by atoms with Crippen molar-refractivity contribution < 1.29 is 23.5 Å². The number of ether oxygens (including phenoxy) is 2. The zero-order valence-electron chi connectivity index (χ0n) is 13.1. The van der Waals surface area contributed by atoms with Crippen LogP contribution in [-0.2, 0) is 19.1 Å². The van der Waals surface area contributed by atoms with Gasteiger partial charge in [-0.25, -0.2) is 14.0 Å². The number of hydrogen-bond acceptors (Lipinski definition) is 5. The van der Waals surface area contributed by atoms with Crippen molar-refractivity contribution in [1.82, 2.24) is 0 Å². The number of rotatable bonds is 3. The van der Waals surface area contributed by atoms with Crippen molar-refractivity contribution in [2.45, 2.75) is 0 Å². The summed E-state index contributed by atoms with van der Waals surface area (Å²) in [6.45, 7) is 0. The Hall–Kier alpha value is -3.33. The number of hydrogen-bond donors (Lipinski definition) is 0. The molecule has 122 valence electrons. The van der Waals surface area contributed by atoms with Gasteiger partial charge in [-0.3, -0.25) is 0 Å². The maximum absolute atomic E-state index is 14.0. The smallest absolute Gasteiger partial charge is 0.355 e. The molecule has 0 N–H and O–H groups in total. The van der Waals surface area contributed by atoms with E-state index in [1.165, 1.54) is 49.6 Å². The summed E-state index contributed by atoms with van der Waals surface area (Å²) in [6.07, 6.45) is 11.3. The van der Waals surface area contributed by atoms with Gasteiger partial charge in [0.15, 0.2) is 0 Å². The third kappa shape index (κ3) is 3.20. The number of methoxy groups -OCH3 is 2. The van der Waals surface area contributed by atoms with E-state index in [0.29, 0.717) is 5.69 Å². The number of carbonyl (C=O) groups is 2. The fraction of sp³-hybridized carbons (Fsp3) is 0.111. The molecule has 0 aliphatic carbocycles. The quantitative estimate of drug-likeness (QED) is 0.630. The molecule has 0 radical (unpaired) electrons. The minimum Gasteiger partial charge on any atom is -0.465 e. The molecule has 1 aromatic carbocycles. The number of anilines is 1. The van der Waals surface area contributed by atoms with Crippen LogP contribution in [0.5, 0.6) is 0 Å². The van der Waals surface area contributed by atoms with Gasteiger partial charge in [-0.05, 0) is 30.4 Å². The number of nitrogens with zero attached hydrogens (tertiary/aromatic N) is 1. The maximum atomic E-state index is 14.0. The molecule has 5 nitrogen and oxygen atoms in total. The van der Waals surface area contributed by atoms with Crippen LogP contribution in [0.15, 0.2) is 53.9 Å². The fourth-order valence-electron chi connectivity index (χ4n) is 2.14. The van der Waals surface area contributed by atoms with Gasteiger partial charge in [0.25, 0.3) is 0 Å². The third-order valence-electron chi connectivity index (χ3n) is 3.28. The van der Waals surface area contributed by atoms with Crippen LogP contribution in [0.2, 0.25) is 0 Å². The summed E-state index contributed by atoms with van der Waals surface area (Å²) in [7, 11) is 2.38. The number of allylic oxidation sites excluding steroid dienone is 2. The Morgan fingerprint density at radius 1 is 1.17 bits per heavy atom. The first-order valence-electron chi connectivity index (χ1n) is 6.84. The fourth-order valence-corrected chi connectivity index (χ4v) is 2.14. The van der Waals surface area contributed by atoms with Crippen molar-refractivity contribution >= 4 is 17.6 Å². The van der Waals surface area contributed by atoms with Crippen LogP contribution in [0.1, 0.15) is 5.56 Å². The van der Waals surface area contributed by atoms with Gasteiger partial charge in [0.1, 0.15) is 11.5 Å². The summed E-state index contributed by atoms with van der Waals surface area (Å²) in [5.41, 5.74) is 0.277. The SMILES string of the molecule is C#Cc1ccc(N2C=CC=CC(C(=O)OC)=C2C(=O)OC)cc1F. The number of terminal acetylenes is 1. The van der Waals surface area contributed by atoms with Gasteiger partial charge in [0.2, 0.25) is 0 Å². The van der Waals surface area contributed by atoms with Crippen LogP contribution < -0.4 is 4.90 Å². The van der Waals surface area contributed by atoms with Crippen molar-refractivity contribution in [3.63, 3.8) is 0 Å². The van der Waals surface area contributed by atoms with Gasteiger partial charge in [-0.15, -0.1) is 6.42 Å². The molecule has 0 spiro atoms. The topological polar surface area (TPSA) is 55.8 Å². The molecule has 1 aliphatic heterocycles. The summed E-state index contributed by atoms with van der Waals surface area (Å²) >= 11 is 0. The molecule has 0 unspecified atom stereocenters. The van der Waals surface area contributed by atoms with E-state index in [1.807, 2.05) is 0 Å². The molecule has 6 heteroatoms. The first-order chi connectivity index (χ1) is 11.5. The lowest BCUT2D eigenvalue weighted by Gasteiger charge is -2.23. The lowest BCUT2D eigenvalue weighted by Crippen LogP contribution is -2.27. The summed E-state index contributed by atoms with van der Waals surface area (Å²) in [6, 6.07) is 4.11. The summed E-state index contributed by atoms with van der Waals surface area (Å²) in [5, 5.41) is 0. The van der Waals surface area contributed by atoms with Crippen LogP contribution in [0.25, 0.3) is 0 Å². The van der Waals surface area contributed by atoms with E-state index in [0.717, 1.165) is 0 Å². The molecule has 1 aromatic rings. The molecule has 0 aromatic heterocycles. The molecule has 0 bridgehead atoms. The Labute approximate surface area is 138 Å². The van der Waals surface area contributed by atoms with E-state index in [2.05, 4.69) is 5.92 Å². The first-order valence-corrected chi connectivity index (χ1v) is 6.84. The number of esters is 2. The highest BCUT2D eigenvalue weighted by Gasteiger charge is 2.27. The van der Waals surface area contributed by atoms with Crippen molar-refractivity contribution in [3.8, 4) is 12.3 Å². The van der Waals surface area contributed by atoms with Gasteiger partial charge < -0.3 is 14.4 Å². The second kappa shape index (κ2) is 7.29. The summed E-state index contributed by atoms with van der Waals surface area (Å²) in [4.78, 5) is 25.6. The molecule has 0 amide bonds. The molecule has 24 heavy (non-hydrogen) atoms. The highest BCUT2D eigenvalue weighted by molar-refractivity contribution is 6.05. The van der Waals surface area contributed by atoms with Gasteiger partial charge in [0.05, 0.1) is 25.4 Å². The lowest BCUT2D eigenvalue weighted by atomic mass is 10.1. The minimum atomic E-state index is -0.770. The Bertz CT molecular complexity index is 815. The van der Waals surface area contributed by atoms with Crippen LogP contribution >= 0.6 is 0 Å². The van der Waals surface area contributed by atoms with Crippen molar-refractivity contribution in [2.24, 2.45) is 0 Å². The summed E-state index contributed by atoms with van der Waals surface area (Å²) < 4.78 is 23.5. The molecule has 1 heterocycles. The number of halogens is 1. The first kappa shape index (κ1) is 17.0. The zero-order valence-corrected chi connectivity index (χ0v) is 13.1. The third-order valence-corrected chi connectivity index (χ3v) is 3.28. The van der Waals surface area contributed by atoms with E-state index in [1.54, 1.807) is 12.2 Å². The molecular formula is C18H14FNO4. The number of carbonyl (C=O) groups excluding carboxylic acids is 2. The maximum Gasteiger partial charge on any atom is 0.355 e. The average molecular weight is 327 g/mol. The van der Waals surface area contributed by atoms with Gasteiger partial charge >= 0.3 is 11.9 Å². The van der Waals surface area contributed by atoms with Gasteiger partial charge in [-0.2, -0.15) is 0 Å². The van der Waals surface area contributed by atoms with E-state index < -0.39 is 17.8 Å². The van der Waals surface area contributed by atoms with Crippen molar-refractivity contribution in [1.29, 1.82) is 0 Å². The standard InChI is InChI=1S/C18H14FNO4/c1-4-12-8-9-13(11-15(12)19)20-10-6-5-7-14(17(21)23-2)16(20)18(22)24-3/h1,5-11H,2-3H3. The largest absolute Gasteiger partial charge is 0.465 e. The van der Waals surface area contributed by atoms with Crippen molar-refractivity contribution in [2.75, 3.05) is 19.1 Å². The Morgan fingerprint density at radius 3 is 2.46 bits per heavy atom. The van der Waals surface area contributed by atoms with Gasteiger partial charge in [-0.1, -0.05) is 12.0 Å². The second-order valence-corrected chi connectivity index (χ2v) is 4.62. The predicted molar refractivity (Wildman–Crippen MR) is 86.2 cm³/mol. The average Bonchev–Trinajstić information content (AvgIpc) is 2.83. The Morgan fingerprint density at radius 2 is 1.88 bits per heavy atom. The van der Waals surface area contributed by atoms with Crippen molar-refractivity contribution in [3.05, 3.63) is 65.3 Å². The highest BCUT2D eigenvalue weighted by atomic mass is 19.1. The second-order valence-electron chi connectivity index (χ2n) is 4.62.